The molecule has 1 aromatic rings. The van der Waals surface area contributed by atoms with Crippen LogP contribution < -0.4 is 0 Å². The lowest BCUT2D eigenvalue weighted by Gasteiger charge is -2.11. The Hall–Kier alpha value is -1.16. The Kier molecular flexibility index (Phi) is 3.85. The van der Waals surface area contributed by atoms with Gasteiger partial charge in [-0.25, -0.2) is 8.42 Å². The van der Waals surface area contributed by atoms with E-state index in [9.17, 15) is 13.2 Å². The third kappa shape index (κ3) is 2.80. The molecule has 3 nitrogen and oxygen atoms in total. The van der Waals surface area contributed by atoms with E-state index < -0.39 is 9.84 Å². The molecule has 1 fully saturated rings. The fourth-order valence-corrected chi connectivity index (χ4v) is 4.32. The number of carbonyl (C=O) groups excluding carboxylic acids is 1. The largest absolute Gasteiger partial charge is 0.293 e. The number of hydrogen-bond donors (Lipinski definition) is 0. The van der Waals surface area contributed by atoms with E-state index in [1.54, 1.807) is 12.1 Å². The molecule has 0 radical (unpaired) electrons. The Morgan fingerprint density at radius 1 is 1.22 bits per heavy atom. The van der Waals surface area contributed by atoms with Gasteiger partial charge in [0.25, 0.3) is 0 Å². The summed E-state index contributed by atoms with van der Waals surface area (Å²) < 4.78 is 24.2. The lowest BCUT2D eigenvalue weighted by atomic mass is 10.1. The van der Waals surface area contributed by atoms with Crippen LogP contribution in [0, 0.1) is 6.92 Å². The summed E-state index contributed by atoms with van der Waals surface area (Å²) in [6, 6.07) is 7.14. The van der Waals surface area contributed by atoms with Crippen LogP contribution in [0.4, 0.5) is 0 Å². The molecular weight excluding hydrogens is 248 g/mol. The molecule has 1 aliphatic carbocycles. The maximum Gasteiger partial charge on any atom is 0.178 e. The normalized spacial score (nSPS) is 16.9. The first-order valence-corrected chi connectivity index (χ1v) is 8.02. The SMILES string of the molecule is Cc1ccccc1C(=O)CS(=O)(=O)C1CCCC1. The fourth-order valence-electron chi connectivity index (χ4n) is 2.51. The van der Waals surface area contributed by atoms with Crippen molar-refractivity contribution < 1.29 is 13.2 Å². The van der Waals surface area contributed by atoms with Gasteiger partial charge in [0.1, 0.15) is 5.75 Å². The number of hydrogen-bond acceptors (Lipinski definition) is 3. The second-order valence-corrected chi connectivity index (χ2v) is 7.23. The van der Waals surface area contributed by atoms with Gasteiger partial charge < -0.3 is 0 Å². The van der Waals surface area contributed by atoms with Gasteiger partial charge in [0, 0.05) is 5.56 Å². The van der Waals surface area contributed by atoms with Gasteiger partial charge in [-0.15, -0.1) is 0 Å². The van der Waals surface area contributed by atoms with E-state index in [1.807, 2.05) is 19.1 Å². The van der Waals surface area contributed by atoms with E-state index in [0.29, 0.717) is 18.4 Å². The summed E-state index contributed by atoms with van der Waals surface area (Å²) in [5.74, 6) is -0.623. The highest BCUT2D eigenvalue weighted by molar-refractivity contribution is 7.92. The van der Waals surface area contributed by atoms with Crippen LogP contribution in [0.1, 0.15) is 41.6 Å². The predicted octanol–water partition coefficient (Wildman–Crippen LogP) is 2.54. The predicted molar refractivity (Wildman–Crippen MR) is 71.6 cm³/mol. The van der Waals surface area contributed by atoms with E-state index in [4.69, 9.17) is 0 Å². The minimum absolute atomic E-state index is 0.278. The highest BCUT2D eigenvalue weighted by atomic mass is 32.2. The van der Waals surface area contributed by atoms with Crippen LogP contribution in [-0.2, 0) is 9.84 Å². The van der Waals surface area contributed by atoms with E-state index in [-0.39, 0.29) is 16.8 Å². The molecule has 2 rings (SSSR count). The van der Waals surface area contributed by atoms with Crippen LogP contribution >= 0.6 is 0 Å². The highest BCUT2D eigenvalue weighted by Crippen LogP contribution is 2.25. The smallest absolute Gasteiger partial charge is 0.178 e. The fraction of sp³-hybridized carbons (Fsp3) is 0.500. The first-order chi connectivity index (χ1) is 8.50. The van der Waals surface area contributed by atoms with Crippen molar-refractivity contribution in [3.63, 3.8) is 0 Å². The molecule has 0 bridgehead atoms. The second kappa shape index (κ2) is 5.22. The zero-order valence-electron chi connectivity index (χ0n) is 10.6. The number of carbonyl (C=O) groups is 1. The van der Waals surface area contributed by atoms with Gasteiger partial charge in [-0.05, 0) is 25.3 Å². The Morgan fingerprint density at radius 3 is 2.44 bits per heavy atom. The molecular formula is C14H18O3S. The maximum atomic E-state index is 12.1. The Labute approximate surface area is 108 Å². The van der Waals surface area contributed by atoms with Crippen molar-refractivity contribution in [3.8, 4) is 0 Å². The van der Waals surface area contributed by atoms with Crippen molar-refractivity contribution in [1.82, 2.24) is 0 Å². The summed E-state index contributed by atoms with van der Waals surface area (Å²) in [5.41, 5.74) is 1.36. The van der Waals surface area contributed by atoms with Crippen LogP contribution in [-0.4, -0.2) is 25.2 Å². The molecule has 0 aromatic heterocycles. The summed E-state index contributed by atoms with van der Waals surface area (Å²) in [7, 11) is -3.27. The van der Waals surface area contributed by atoms with Crippen LogP contribution in [0.25, 0.3) is 0 Å². The minimum atomic E-state index is -3.27. The van der Waals surface area contributed by atoms with Gasteiger partial charge in [-0.1, -0.05) is 37.1 Å². The van der Waals surface area contributed by atoms with Crippen molar-refractivity contribution in [2.75, 3.05) is 5.75 Å². The van der Waals surface area contributed by atoms with Gasteiger partial charge in [-0.2, -0.15) is 0 Å². The lowest BCUT2D eigenvalue weighted by molar-refractivity contribution is 0.102. The molecule has 1 aromatic carbocycles. The van der Waals surface area contributed by atoms with Gasteiger partial charge in [0.2, 0.25) is 0 Å². The molecule has 0 N–H and O–H groups in total. The van der Waals surface area contributed by atoms with Crippen molar-refractivity contribution >= 4 is 15.6 Å². The molecule has 18 heavy (non-hydrogen) atoms. The van der Waals surface area contributed by atoms with Crippen LogP contribution in [0.5, 0.6) is 0 Å². The average molecular weight is 266 g/mol. The summed E-state index contributed by atoms with van der Waals surface area (Å²) >= 11 is 0. The van der Waals surface area contributed by atoms with E-state index in [1.165, 1.54) is 0 Å². The number of aryl methyl sites for hydroxylation is 1. The first kappa shape index (κ1) is 13.3. The Morgan fingerprint density at radius 2 is 1.83 bits per heavy atom. The van der Waals surface area contributed by atoms with Gasteiger partial charge in [0.05, 0.1) is 5.25 Å². The van der Waals surface area contributed by atoms with Crippen LogP contribution in [0.3, 0.4) is 0 Å². The summed E-state index contributed by atoms with van der Waals surface area (Å²) in [6.07, 6.45) is 3.34. The first-order valence-electron chi connectivity index (χ1n) is 6.31. The summed E-state index contributed by atoms with van der Waals surface area (Å²) in [4.78, 5) is 12.1. The number of rotatable bonds is 4. The van der Waals surface area contributed by atoms with Crippen molar-refractivity contribution in [3.05, 3.63) is 35.4 Å². The molecule has 98 valence electrons. The van der Waals surface area contributed by atoms with E-state index in [0.717, 1.165) is 18.4 Å². The molecule has 0 aliphatic heterocycles. The molecule has 0 saturated heterocycles. The van der Waals surface area contributed by atoms with Gasteiger partial charge >= 0.3 is 0 Å². The number of sulfone groups is 1. The van der Waals surface area contributed by atoms with Crippen molar-refractivity contribution in [2.24, 2.45) is 0 Å². The van der Waals surface area contributed by atoms with E-state index in [2.05, 4.69) is 0 Å². The molecule has 4 heteroatoms. The Balaban J connectivity index is 2.14. The monoisotopic (exact) mass is 266 g/mol. The highest BCUT2D eigenvalue weighted by Gasteiger charge is 2.31. The number of ketones is 1. The number of Topliss-reactive ketones (excluding diaryl/α,β-unsaturated/α-hetero) is 1. The molecule has 0 unspecified atom stereocenters. The standard InChI is InChI=1S/C14H18O3S/c1-11-6-2-5-9-13(11)14(15)10-18(16,17)12-7-3-4-8-12/h2,5-6,9,12H,3-4,7-8,10H2,1H3. The minimum Gasteiger partial charge on any atom is -0.293 e. The molecule has 0 amide bonds. The molecule has 0 heterocycles. The Bertz CT molecular complexity index is 540. The second-order valence-electron chi connectivity index (χ2n) is 4.95. The zero-order valence-corrected chi connectivity index (χ0v) is 11.4. The molecule has 0 atom stereocenters. The average Bonchev–Trinajstić information content (AvgIpc) is 2.82. The van der Waals surface area contributed by atoms with Crippen LogP contribution in [0.15, 0.2) is 24.3 Å². The van der Waals surface area contributed by atoms with Crippen LogP contribution in [0.2, 0.25) is 0 Å². The van der Waals surface area contributed by atoms with Gasteiger partial charge in [0.15, 0.2) is 15.6 Å². The summed E-state index contributed by atoms with van der Waals surface area (Å²) in [5, 5.41) is -0.300. The topological polar surface area (TPSA) is 51.2 Å². The third-order valence-electron chi connectivity index (χ3n) is 3.59. The molecule has 1 saturated carbocycles. The quantitative estimate of drug-likeness (QED) is 0.787. The number of benzene rings is 1. The maximum absolute atomic E-state index is 12.1. The third-order valence-corrected chi connectivity index (χ3v) is 5.74. The van der Waals surface area contributed by atoms with Gasteiger partial charge in [-0.3, -0.25) is 4.79 Å². The summed E-state index contributed by atoms with van der Waals surface area (Å²) in [6.45, 7) is 1.83. The zero-order chi connectivity index (χ0) is 13.2. The van der Waals surface area contributed by atoms with E-state index >= 15 is 0 Å². The van der Waals surface area contributed by atoms with Crippen molar-refractivity contribution in [2.45, 2.75) is 37.9 Å². The van der Waals surface area contributed by atoms with Crippen molar-refractivity contribution in [1.29, 1.82) is 0 Å². The molecule has 1 aliphatic rings. The lowest BCUT2D eigenvalue weighted by Crippen LogP contribution is -2.26. The molecule has 0 spiro atoms.